The summed E-state index contributed by atoms with van der Waals surface area (Å²) >= 11 is 0. The molecule has 0 saturated heterocycles. The van der Waals surface area contributed by atoms with Crippen LogP contribution in [0.4, 0.5) is 0 Å². The van der Waals surface area contributed by atoms with E-state index in [0.717, 1.165) is 42.1 Å². The van der Waals surface area contributed by atoms with E-state index in [1.807, 2.05) is 19.9 Å². The number of allylic oxidation sites excluding steroid dienone is 2. The normalized spacial score (nSPS) is 39.6. The van der Waals surface area contributed by atoms with Crippen LogP contribution in [0.1, 0.15) is 131 Å². The monoisotopic (exact) mass is 468 g/mol. The first-order valence-corrected chi connectivity index (χ1v) is 14.9. The summed E-state index contributed by atoms with van der Waals surface area (Å²) in [5, 5.41) is 0. The first kappa shape index (κ1) is 26.0. The topological polar surface area (TPSA) is 26.3 Å². The van der Waals surface area contributed by atoms with E-state index in [0.29, 0.717) is 10.8 Å². The second-order valence-corrected chi connectivity index (χ2v) is 12.9. The van der Waals surface area contributed by atoms with Crippen LogP contribution in [0.25, 0.3) is 0 Å². The third-order valence-corrected chi connectivity index (χ3v) is 11.2. The number of carbonyl (C=O) groups excluding carboxylic acids is 1. The SMILES string of the molecule is C/C=C(/C)C(=O)O[C@H]1CC[C@@]2(C)C(=CCC3C4CCC(CCCCCCCC)[C@@]4(C)CCC32)C1. The molecule has 7 atom stereocenters. The maximum Gasteiger partial charge on any atom is 0.333 e. The van der Waals surface area contributed by atoms with Crippen molar-refractivity contribution in [3.63, 3.8) is 0 Å². The molecule has 0 amide bonds. The van der Waals surface area contributed by atoms with Gasteiger partial charge in [-0.15, -0.1) is 0 Å². The van der Waals surface area contributed by atoms with Gasteiger partial charge in [0.1, 0.15) is 6.10 Å². The molecule has 192 valence electrons. The van der Waals surface area contributed by atoms with E-state index in [1.54, 1.807) is 5.57 Å². The first-order valence-electron chi connectivity index (χ1n) is 14.9. The summed E-state index contributed by atoms with van der Waals surface area (Å²) in [4.78, 5) is 12.3. The zero-order valence-corrected chi connectivity index (χ0v) is 23.0. The van der Waals surface area contributed by atoms with Crippen LogP contribution in [0.2, 0.25) is 0 Å². The first-order chi connectivity index (χ1) is 16.3. The van der Waals surface area contributed by atoms with Crippen LogP contribution >= 0.6 is 0 Å². The Kier molecular flexibility index (Phi) is 8.36. The van der Waals surface area contributed by atoms with Gasteiger partial charge in [0.25, 0.3) is 0 Å². The highest BCUT2D eigenvalue weighted by molar-refractivity contribution is 5.87. The van der Waals surface area contributed by atoms with Gasteiger partial charge in [-0.25, -0.2) is 4.79 Å². The molecule has 4 aliphatic rings. The van der Waals surface area contributed by atoms with Crippen molar-refractivity contribution in [2.24, 2.45) is 34.5 Å². The third kappa shape index (κ3) is 4.94. The molecule has 0 spiro atoms. The molecule has 34 heavy (non-hydrogen) atoms. The van der Waals surface area contributed by atoms with Crippen molar-refractivity contribution in [3.05, 3.63) is 23.3 Å². The minimum Gasteiger partial charge on any atom is -0.459 e. The Morgan fingerprint density at radius 2 is 1.79 bits per heavy atom. The molecular weight excluding hydrogens is 416 g/mol. The van der Waals surface area contributed by atoms with Crippen molar-refractivity contribution in [2.75, 3.05) is 0 Å². The fourth-order valence-electron chi connectivity index (χ4n) is 8.84. The van der Waals surface area contributed by atoms with Crippen molar-refractivity contribution < 1.29 is 9.53 Å². The van der Waals surface area contributed by atoms with E-state index < -0.39 is 0 Å². The molecule has 4 rings (SSSR count). The van der Waals surface area contributed by atoms with E-state index in [4.69, 9.17) is 4.74 Å². The number of esters is 1. The van der Waals surface area contributed by atoms with Crippen molar-refractivity contribution in [2.45, 2.75) is 137 Å². The number of carbonyl (C=O) groups is 1. The second-order valence-electron chi connectivity index (χ2n) is 12.9. The molecule has 3 saturated carbocycles. The lowest BCUT2D eigenvalue weighted by molar-refractivity contribution is -0.146. The minimum absolute atomic E-state index is 0.0697. The molecule has 0 aromatic heterocycles. The average molecular weight is 469 g/mol. The van der Waals surface area contributed by atoms with Gasteiger partial charge in [0.2, 0.25) is 0 Å². The van der Waals surface area contributed by atoms with Crippen molar-refractivity contribution >= 4 is 5.97 Å². The minimum atomic E-state index is -0.124. The molecule has 0 aromatic rings. The highest BCUT2D eigenvalue weighted by Gasteiger charge is 2.58. The number of unbranched alkanes of at least 4 members (excludes halogenated alkanes) is 5. The number of fused-ring (bicyclic) bond motifs is 5. The van der Waals surface area contributed by atoms with E-state index in [9.17, 15) is 4.79 Å². The zero-order chi connectivity index (χ0) is 24.3. The van der Waals surface area contributed by atoms with Gasteiger partial charge in [-0.05, 0) is 99.7 Å². The Morgan fingerprint density at radius 1 is 1.03 bits per heavy atom. The lowest BCUT2D eigenvalue weighted by Gasteiger charge is -2.58. The number of ether oxygens (including phenoxy) is 1. The van der Waals surface area contributed by atoms with E-state index in [-0.39, 0.29) is 12.1 Å². The predicted molar refractivity (Wildman–Crippen MR) is 142 cm³/mol. The van der Waals surface area contributed by atoms with Gasteiger partial charge in [0.05, 0.1) is 0 Å². The molecule has 3 fully saturated rings. The van der Waals surface area contributed by atoms with Gasteiger partial charge in [-0.3, -0.25) is 0 Å². The Bertz CT molecular complexity index is 778. The maximum atomic E-state index is 12.3. The fourth-order valence-corrected chi connectivity index (χ4v) is 8.84. The lowest BCUT2D eigenvalue weighted by atomic mass is 9.47. The summed E-state index contributed by atoms with van der Waals surface area (Å²) in [5.41, 5.74) is 3.26. The van der Waals surface area contributed by atoms with Crippen LogP contribution in [-0.2, 0) is 9.53 Å². The smallest absolute Gasteiger partial charge is 0.333 e. The molecule has 0 bridgehead atoms. The maximum absolute atomic E-state index is 12.3. The van der Waals surface area contributed by atoms with Crippen molar-refractivity contribution in [1.82, 2.24) is 0 Å². The van der Waals surface area contributed by atoms with Crippen molar-refractivity contribution in [3.8, 4) is 0 Å². The fraction of sp³-hybridized carbons (Fsp3) is 0.844. The van der Waals surface area contributed by atoms with Gasteiger partial charge >= 0.3 is 5.97 Å². The highest BCUT2D eigenvalue weighted by atomic mass is 16.5. The summed E-state index contributed by atoms with van der Waals surface area (Å²) in [6.07, 6.45) is 24.8. The molecule has 0 N–H and O–H groups in total. The molecule has 4 aliphatic carbocycles. The average Bonchev–Trinajstić information content (AvgIpc) is 3.17. The summed E-state index contributed by atoms with van der Waals surface area (Å²) in [7, 11) is 0. The van der Waals surface area contributed by atoms with Crippen molar-refractivity contribution in [1.29, 1.82) is 0 Å². The Labute approximate surface area is 210 Å². The Hall–Kier alpha value is -1.05. The number of hydrogen-bond donors (Lipinski definition) is 0. The molecule has 0 aliphatic heterocycles. The molecule has 0 heterocycles. The summed E-state index contributed by atoms with van der Waals surface area (Å²) < 4.78 is 5.89. The van der Waals surface area contributed by atoms with Gasteiger partial charge in [0, 0.05) is 12.0 Å². The summed E-state index contributed by atoms with van der Waals surface area (Å²) in [6.45, 7) is 11.3. The Morgan fingerprint density at radius 3 is 2.56 bits per heavy atom. The van der Waals surface area contributed by atoms with Gasteiger partial charge in [-0.2, -0.15) is 0 Å². The Balaban J connectivity index is 1.38. The molecule has 0 aromatic carbocycles. The van der Waals surface area contributed by atoms with Crippen LogP contribution in [0.15, 0.2) is 23.3 Å². The van der Waals surface area contributed by atoms with E-state index in [2.05, 4.69) is 26.8 Å². The molecule has 0 radical (unpaired) electrons. The molecule has 4 unspecified atom stereocenters. The largest absolute Gasteiger partial charge is 0.459 e. The van der Waals surface area contributed by atoms with E-state index in [1.165, 1.54) is 83.5 Å². The second kappa shape index (κ2) is 10.9. The third-order valence-electron chi connectivity index (χ3n) is 11.2. The molecule has 2 nitrogen and oxygen atoms in total. The number of rotatable bonds is 9. The van der Waals surface area contributed by atoms with E-state index >= 15 is 0 Å². The zero-order valence-electron chi connectivity index (χ0n) is 23.0. The molecule has 2 heteroatoms. The highest BCUT2D eigenvalue weighted by Crippen LogP contribution is 2.66. The quantitative estimate of drug-likeness (QED) is 0.146. The summed E-state index contributed by atoms with van der Waals surface area (Å²) in [5.74, 6) is 3.49. The van der Waals surface area contributed by atoms with Gasteiger partial charge in [0.15, 0.2) is 0 Å². The van der Waals surface area contributed by atoms with Crippen LogP contribution in [0, 0.1) is 34.5 Å². The van der Waals surface area contributed by atoms with Gasteiger partial charge in [-0.1, -0.05) is 77.0 Å². The van der Waals surface area contributed by atoms with Crippen LogP contribution in [0.3, 0.4) is 0 Å². The predicted octanol–water partition coefficient (Wildman–Crippen LogP) is 9.19. The molecular formula is C32H52O2. The standard InChI is InChI=1S/C32H52O2/c1-6-8-9-10-11-12-13-24-15-17-28-27-16-14-25-22-26(34-30(33)23(3)7-2)18-20-32(25,5)29(27)19-21-31(24,28)4/h7,14,24,26-29H,6,8-13,15-22H2,1-5H3/b23-7-/t24?,26-,27?,28?,29?,31+,32-/m0/s1. The van der Waals surface area contributed by atoms with Crippen LogP contribution < -0.4 is 0 Å². The summed E-state index contributed by atoms with van der Waals surface area (Å²) in [6, 6.07) is 0. The van der Waals surface area contributed by atoms with Crippen LogP contribution in [-0.4, -0.2) is 12.1 Å². The lowest BCUT2D eigenvalue weighted by Crippen LogP contribution is -2.50. The van der Waals surface area contributed by atoms with Crippen LogP contribution in [0.5, 0.6) is 0 Å². The van der Waals surface area contributed by atoms with Gasteiger partial charge < -0.3 is 4.74 Å². The number of hydrogen-bond acceptors (Lipinski definition) is 2.